The summed E-state index contributed by atoms with van der Waals surface area (Å²) in [5.74, 6) is 0. The van der Waals surface area contributed by atoms with Gasteiger partial charge in [0, 0.05) is 46.2 Å². The zero-order valence-corrected chi connectivity index (χ0v) is 12.7. The van der Waals surface area contributed by atoms with Crippen molar-refractivity contribution in [2.75, 3.05) is 47.0 Å². The van der Waals surface area contributed by atoms with E-state index in [9.17, 15) is 0 Å². The van der Waals surface area contributed by atoms with Crippen LogP contribution in [0, 0.1) is 0 Å². The van der Waals surface area contributed by atoms with Crippen LogP contribution < -0.4 is 5.32 Å². The number of hydrogen-bond acceptors (Lipinski definition) is 6. The molecule has 2 heterocycles. The van der Waals surface area contributed by atoms with Crippen LogP contribution >= 0.6 is 12.2 Å². The molecule has 1 unspecified atom stereocenters. The van der Waals surface area contributed by atoms with Gasteiger partial charge in [0.25, 0.3) is 0 Å². The van der Waals surface area contributed by atoms with Gasteiger partial charge in [0.15, 0.2) is 5.60 Å². The lowest BCUT2D eigenvalue weighted by molar-refractivity contribution is -0.0254. The van der Waals surface area contributed by atoms with Crippen molar-refractivity contribution >= 4 is 17.2 Å². The second-order valence-electron chi connectivity index (χ2n) is 4.59. The van der Waals surface area contributed by atoms with E-state index in [-0.39, 0.29) is 0 Å². The first kappa shape index (κ1) is 15.2. The van der Waals surface area contributed by atoms with Crippen LogP contribution in [0.15, 0.2) is 18.6 Å². The molecule has 0 bridgehead atoms. The van der Waals surface area contributed by atoms with Gasteiger partial charge in [-0.2, -0.15) is 0 Å². The van der Waals surface area contributed by atoms with Crippen LogP contribution in [-0.4, -0.2) is 66.9 Å². The molecule has 0 saturated carbocycles. The third-order valence-electron chi connectivity index (χ3n) is 3.47. The van der Waals surface area contributed by atoms with E-state index in [1.807, 2.05) is 0 Å². The molecule has 0 radical (unpaired) electrons. The number of thiocarbonyl (C=S) groups is 1. The number of likely N-dealkylation sites (N-methyl/N-ethyl adjacent to an activating group) is 1. The zero-order valence-electron chi connectivity index (χ0n) is 11.8. The normalized spacial score (nSPS) is 19.3. The average Bonchev–Trinajstić information content (AvgIpc) is 2.53. The van der Waals surface area contributed by atoms with E-state index in [2.05, 4.69) is 20.2 Å². The SMILES string of the molecule is CNC(=S)C(CN1CCOCC1)(OC)c1cnccn1. The van der Waals surface area contributed by atoms with Crippen molar-refractivity contribution in [3.05, 3.63) is 24.3 Å². The maximum atomic E-state index is 5.79. The van der Waals surface area contributed by atoms with Crippen molar-refractivity contribution in [3.8, 4) is 0 Å². The van der Waals surface area contributed by atoms with Gasteiger partial charge in [-0.25, -0.2) is 0 Å². The van der Waals surface area contributed by atoms with Crippen LogP contribution in [0.25, 0.3) is 0 Å². The standard InChI is InChI=1S/C13H20N4O2S/c1-14-12(20)13(18-2,11-9-15-3-4-16-11)10-17-5-7-19-8-6-17/h3-4,9H,5-8,10H2,1-2H3,(H,14,20). The number of methoxy groups -OCH3 is 1. The fraction of sp³-hybridized carbons (Fsp3) is 0.615. The maximum Gasteiger partial charge on any atom is 0.173 e. The van der Waals surface area contributed by atoms with Gasteiger partial charge in [0.1, 0.15) is 4.99 Å². The molecule has 1 aromatic rings. The molecule has 0 aromatic carbocycles. The molecule has 1 N–H and O–H groups in total. The summed E-state index contributed by atoms with van der Waals surface area (Å²) in [5, 5.41) is 3.03. The summed E-state index contributed by atoms with van der Waals surface area (Å²) in [6.45, 7) is 3.81. The number of hydrogen-bond donors (Lipinski definition) is 1. The number of aromatic nitrogens is 2. The summed E-state index contributed by atoms with van der Waals surface area (Å²) in [6.07, 6.45) is 5.00. The molecular formula is C13H20N4O2S. The van der Waals surface area contributed by atoms with Crippen LogP contribution in [0.1, 0.15) is 5.69 Å². The highest BCUT2D eigenvalue weighted by Gasteiger charge is 2.40. The number of ether oxygens (including phenoxy) is 2. The van der Waals surface area contributed by atoms with E-state index in [1.54, 1.807) is 32.7 Å². The summed E-state index contributed by atoms with van der Waals surface area (Å²) in [4.78, 5) is 11.4. The van der Waals surface area contributed by atoms with Gasteiger partial charge < -0.3 is 14.8 Å². The molecule has 2 rings (SSSR count). The van der Waals surface area contributed by atoms with Gasteiger partial charge in [0.05, 0.1) is 25.1 Å². The summed E-state index contributed by atoms with van der Waals surface area (Å²) < 4.78 is 11.2. The number of morpholine rings is 1. The molecule has 1 fully saturated rings. The fourth-order valence-electron chi connectivity index (χ4n) is 2.31. The Bertz CT molecular complexity index is 439. The maximum absolute atomic E-state index is 5.79. The van der Waals surface area contributed by atoms with E-state index >= 15 is 0 Å². The highest BCUT2D eigenvalue weighted by atomic mass is 32.1. The largest absolute Gasteiger partial charge is 0.380 e. The first-order valence-electron chi connectivity index (χ1n) is 6.57. The minimum Gasteiger partial charge on any atom is -0.380 e. The number of nitrogens with zero attached hydrogens (tertiary/aromatic N) is 3. The Morgan fingerprint density at radius 2 is 2.25 bits per heavy atom. The smallest absolute Gasteiger partial charge is 0.173 e. The Kier molecular flexibility index (Phi) is 5.36. The lowest BCUT2D eigenvalue weighted by Gasteiger charge is -2.38. The first-order chi connectivity index (χ1) is 9.73. The van der Waals surface area contributed by atoms with Gasteiger partial charge in [-0.1, -0.05) is 12.2 Å². The summed E-state index contributed by atoms with van der Waals surface area (Å²) >= 11 is 5.48. The van der Waals surface area contributed by atoms with E-state index in [4.69, 9.17) is 21.7 Å². The Morgan fingerprint density at radius 1 is 1.50 bits per heavy atom. The summed E-state index contributed by atoms with van der Waals surface area (Å²) in [6, 6.07) is 0. The quantitative estimate of drug-likeness (QED) is 0.779. The lowest BCUT2D eigenvalue weighted by Crippen LogP contribution is -2.54. The van der Waals surface area contributed by atoms with Gasteiger partial charge in [0.2, 0.25) is 0 Å². The minimum atomic E-state index is -0.782. The molecule has 110 valence electrons. The van der Waals surface area contributed by atoms with E-state index in [1.165, 1.54) is 0 Å². The fourth-order valence-corrected chi connectivity index (χ4v) is 2.57. The summed E-state index contributed by atoms with van der Waals surface area (Å²) in [7, 11) is 3.45. The van der Waals surface area contributed by atoms with Crippen molar-refractivity contribution in [3.63, 3.8) is 0 Å². The van der Waals surface area contributed by atoms with Crippen LogP contribution in [0.5, 0.6) is 0 Å². The molecule has 0 amide bonds. The third kappa shape index (κ3) is 3.12. The highest BCUT2D eigenvalue weighted by molar-refractivity contribution is 7.80. The van der Waals surface area contributed by atoms with Gasteiger partial charge in [-0.05, 0) is 0 Å². The molecule has 1 aliphatic rings. The zero-order chi connectivity index (χ0) is 14.4. The molecule has 1 atom stereocenters. The predicted molar refractivity (Wildman–Crippen MR) is 79.6 cm³/mol. The van der Waals surface area contributed by atoms with E-state index in [0.29, 0.717) is 17.2 Å². The van der Waals surface area contributed by atoms with Crippen molar-refractivity contribution in [1.82, 2.24) is 20.2 Å². The Morgan fingerprint density at radius 3 is 2.80 bits per heavy atom. The third-order valence-corrected chi connectivity index (χ3v) is 4.00. The molecular weight excluding hydrogens is 276 g/mol. The van der Waals surface area contributed by atoms with Crippen LogP contribution in [-0.2, 0) is 15.1 Å². The topological polar surface area (TPSA) is 59.5 Å². The second kappa shape index (κ2) is 7.03. The Hall–Kier alpha value is -1.15. The van der Waals surface area contributed by atoms with Crippen LogP contribution in [0.2, 0.25) is 0 Å². The Balaban J connectivity index is 2.29. The predicted octanol–water partition coefficient (Wildman–Crippen LogP) is 0.197. The highest BCUT2D eigenvalue weighted by Crippen LogP contribution is 2.26. The van der Waals surface area contributed by atoms with Gasteiger partial charge in [-0.15, -0.1) is 0 Å². The van der Waals surface area contributed by atoms with Crippen molar-refractivity contribution < 1.29 is 9.47 Å². The first-order valence-corrected chi connectivity index (χ1v) is 6.97. The molecule has 20 heavy (non-hydrogen) atoms. The summed E-state index contributed by atoms with van der Waals surface area (Å²) in [5.41, 5.74) is -0.0660. The van der Waals surface area contributed by atoms with Crippen molar-refractivity contribution in [1.29, 1.82) is 0 Å². The monoisotopic (exact) mass is 296 g/mol. The molecule has 1 aliphatic heterocycles. The molecule has 0 aliphatic carbocycles. The van der Waals surface area contributed by atoms with Crippen LogP contribution in [0.3, 0.4) is 0 Å². The molecule has 0 spiro atoms. The van der Waals surface area contributed by atoms with Crippen molar-refractivity contribution in [2.24, 2.45) is 0 Å². The number of rotatable bonds is 5. The Labute approximate surface area is 124 Å². The molecule has 7 heteroatoms. The minimum absolute atomic E-state index is 0.604. The molecule has 1 aromatic heterocycles. The molecule has 6 nitrogen and oxygen atoms in total. The molecule has 1 saturated heterocycles. The van der Waals surface area contributed by atoms with Gasteiger partial charge >= 0.3 is 0 Å². The second-order valence-corrected chi connectivity index (χ2v) is 5.00. The van der Waals surface area contributed by atoms with E-state index < -0.39 is 5.60 Å². The van der Waals surface area contributed by atoms with E-state index in [0.717, 1.165) is 26.3 Å². The average molecular weight is 296 g/mol. The van der Waals surface area contributed by atoms with Crippen LogP contribution in [0.4, 0.5) is 0 Å². The number of nitrogens with one attached hydrogen (secondary N) is 1. The lowest BCUT2D eigenvalue weighted by atomic mass is 9.98. The van der Waals surface area contributed by atoms with Gasteiger partial charge in [-0.3, -0.25) is 14.9 Å². The van der Waals surface area contributed by atoms with Crippen molar-refractivity contribution in [2.45, 2.75) is 5.60 Å².